The van der Waals surface area contributed by atoms with Gasteiger partial charge in [-0.05, 0) is 37.0 Å². The van der Waals surface area contributed by atoms with Crippen LogP contribution in [0.3, 0.4) is 0 Å². The number of carbonyl (C=O) groups excluding carboxylic acids is 3. The number of carbonyl (C=O) groups is 3. The molecule has 0 heterocycles. The lowest BCUT2D eigenvalue weighted by Crippen LogP contribution is -2.30. The summed E-state index contributed by atoms with van der Waals surface area (Å²) in [4.78, 5) is 38.2. The Balaban J connectivity index is 4.19. The van der Waals surface area contributed by atoms with Gasteiger partial charge in [-0.15, -0.1) is 0 Å². The number of rotatable bonds is 58. The first kappa shape index (κ1) is 69.4. The van der Waals surface area contributed by atoms with Crippen molar-refractivity contribution in [2.45, 2.75) is 369 Å². The normalized spacial score (nSPS) is 12.9. The summed E-state index contributed by atoms with van der Waals surface area (Å²) >= 11 is 0. The third-order valence-electron chi connectivity index (χ3n) is 15.6. The van der Waals surface area contributed by atoms with E-state index in [-0.39, 0.29) is 31.1 Å². The van der Waals surface area contributed by atoms with E-state index in [9.17, 15) is 14.4 Å². The predicted molar refractivity (Wildman–Crippen MR) is 307 cm³/mol. The van der Waals surface area contributed by atoms with E-state index in [1.165, 1.54) is 244 Å². The van der Waals surface area contributed by atoms with Crippen molar-refractivity contribution in [1.82, 2.24) is 0 Å². The molecule has 71 heavy (non-hydrogen) atoms. The van der Waals surface area contributed by atoms with E-state index in [0.29, 0.717) is 19.3 Å². The van der Waals surface area contributed by atoms with Crippen molar-refractivity contribution in [2.24, 2.45) is 17.8 Å². The molecular formula is C65H126O6. The van der Waals surface area contributed by atoms with Crippen LogP contribution in [-0.2, 0) is 28.6 Å². The lowest BCUT2D eigenvalue weighted by molar-refractivity contribution is -0.167. The summed E-state index contributed by atoms with van der Waals surface area (Å²) in [6.45, 7) is 13.8. The lowest BCUT2D eigenvalue weighted by atomic mass is 9.99. The minimum absolute atomic E-state index is 0.0635. The molecule has 0 bridgehead atoms. The zero-order valence-corrected chi connectivity index (χ0v) is 49.0. The van der Waals surface area contributed by atoms with Gasteiger partial charge in [0.05, 0.1) is 0 Å². The molecule has 0 fully saturated rings. The molecule has 3 atom stereocenters. The first-order valence-corrected chi connectivity index (χ1v) is 32.2. The van der Waals surface area contributed by atoms with E-state index in [1.807, 2.05) is 0 Å². The molecule has 0 aromatic heterocycles. The van der Waals surface area contributed by atoms with Crippen molar-refractivity contribution < 1.29 is 28.6 Å². The van der Waals surface area contributed by atoms with Crippen LogP contribution in [0.4, 0.5) is 0 Å². The molecular weight excluding hydrogens is 877 g/mol. The summed E-state index contributed by atoms with van der Waals surface area (Å²) < 4.78 is 16.9. The average molecular weight is 1000 g/mol. The molecule has 0 aliphatic rings. The maximum Gasteiger partial charge on any atom is 0.306 e. The third-order valence-corrected chi connectivity index (χ3v) is 15.6. The van der Waals surface area contributed by atoms with Crippen LogP contribution in [-0.4, -0.2) is 37.2 Å². The monoisotopic (exact) mass is 1000 g/mol. The Kier molecular flexibility index (Phi) is 54.9. The minimum atomic E-state index is -0.765. The van der Waals surface area contributed by atoms with Gasteiger partial charge in [0, 0.05) is 19.3 Å². The van der Waals surface area contributed by atoms with Crippen LogP contribution in [0.2, 0.25) is 0 Å². The SMILES string of the molecule is CCC(C)CCCCCCCCCCCCCCCCCCCCC(=O)OC[C@@H](COC(=O)CCCCCCCCC(C)CC)OC(=O)CCCCCCCCCCCCCCCCCCCCC(C)C. The van der Waals surface area contributed by atoms with Gasteiger partial charge in [-0.2, -0.15) is 0 Å². The molecule has 0 amide bonds. The van der Waals surface area contributed by atoms with Gasteiger partial charge in [0.25, 0.3) is 0 Å². The summed E-state index contributed by atoms with van der Waals surface area (Å²) in [6.07, 6.45) is 61.1. The van der Waals surface area contributed by atoms with Crippen molar-refractivity contribution in [3.63, 3.8) is 0 Å². The van der Waals surface area contributed by atoms with Crippen LogP contribution in [0.1, 0.15) is 363 Å². The molecule has 0 aliphatic carbocycles. The van der Waals surface area contributed by atoms with Crippen molar-refractivity contribution in [3.8, 4) is 0 Å². The molecule has 0 saturated heterocycles. The van der Waals surface area contributed by atoms with E-state index >= 15 is 0 Å². The fourth-order valence-electron chi connectivity index (χ4n) is 10.00. The zero-order valence-electron chi connectivity index (χ0n) is 49.0. The largest absolute Gasteiger partial charge is 0.462 e. The molecule has 6 nitrogen and oxygen atoms in total. The minimum Gasteiger partial charge on any atom is -0.462 e. The highest BCUT2D eigenvalue weighted by Gasteiger charge is 2.19. The van der Waals surface area contributed by atoms with E-state index in [2.05, 4.69) is 41.5 Å². The van der Waals surface area contributed by atoms with Gasteiger partial charge in [0.2, 0.25) is 0 Å². The van der Waals surface area contributed by atoms with Crippen molar-refractivity contribution >= 4 is 17.9 Å². The molecule has 0 N–H and O–H groups in total. The van der Waals surface area contributed by atoms with Crippen LogP contribution in [0.5, 0.6) is 0 Å². The lowest BCUT2D eigenvalue weighted by Gasteiger charge is -2.18. The standard InChI is InChI=1S/C65H126O6/c1-7-60(5)52-46-40-34-30-26-22-18-14-10-12-15-19-23-27-31-35-42-48-54-63(66)69-57-62(58-70-64(67)55-49-43-38-37-41-47-53-61(6)8-2)71-65(68)56-50-44-36-32-28-24-20-16-11-9-13-17-21-25-29-33-39-45-51-59(3)4/h59-62H,7-58H2,1-6H3/t60?,61?,62-/m0/s1. The van der Waals surface area contributed by atoms with E-state index < -0.39 is 6.10 Å². The van der Waals surface area contributed by atoms with Gasteiger partial charge in [-0.1, -0.05) is 324 Å². The molecule has 6 heteroatoms. The van der Waals surface area contributed by atoms with Crippen molar-refractivity contribution in [2.75, 3.05) is 13.2 Å². The molecule has 422 valence electrons. The summed E-state index contributed by atoms with van der Waals surface area (Å²) in [5.74, 6) is 1.74. The number of hydrogen-bond donors (Lipinski definition) is 0. The molecule has 2 unspecified atom stereocenters. The first-order valence-electron chi connectivity index (χ1n) is 32.2. The molecule has 0 radical (unpaired) electrons. The second-order valence-corrected chi connectivity index (χ2v) is 23.4. The maximum absolute atomic E-state index is 12.9. The molecule has 0 saturated carbocycles. The summed E-state index contributed by atoms with van der Waals surface area (Å²) in [5, 5.41) is 0. The molecule has 0 aliphatic heterocycles. The van der Waals surface area contributed by atoms with Crippen molar-refractivity contribution in [1.29, 1.82) is 0 Å². The van der Waals surface area contributed by atoms with Gasteiger partial charge in [-0.25, -0.2) is 0 Å². The molecule has 0 aromatic rings. The van der Waals surface area contributed by atoms with Gasteiger partial charge < -0.3 is 14.2 Å². The van der Waals surface area contributed by atoms with Gasteiger partial charge >= 0.3 is 17.9 Å². The van der Waals surface area contributed by atoms with E-state index in [4.69, 9.17) is 14.2 Å². The number of unbranched alkanes of at least 4 members (excludes halogenated alkanes) is 39. The van der Waals surface area contributed by atoms with Crippen molar-refractivity contribution in [3.05, 3.63) is 0 Å². The third kappa shape index (κ3) is 56.0. The Labute approximate surface area is 444 Å². The van der Waals surface area contributed by atoms with Crippen LogP contribution in [0, 0.1) is 17.8 Å². The molecule has 0 rings (SSSR count). The smallest absolute Gasteiger partial charge is 0.306 e. The topological polar surface area (TPSA) is 78.9 Å². The first-order chi connectivity index (χ1) is 34.7. The maximum atomic E-state index is 12.9. The number of hydrogen-bond acceptors (Lipinski definition) is 6. The predicted octanol–water partition coefficient (Wildman–Crippen LogP) is 21.5. The highest BCUT2D eigenvalue weighted by atomic mass is 16.6. The average Bonchev–Trinajstić information content (AvgIpc) is 3.36. The summed E-state index contributed by atoms with van der Waals surface area (Å²) in [6, 6.07) is 0. The number of esters is 3. The summed E-state index contributed by atoms with van der Waals surface area (Å²) in [7, 11) is 0. The van der Waals surface area contributed by atoms with Gasteiger partial charge in [-0.3, -0.25) is 14.4 Å². The van der Waals surface area contributed by atoms with Crippen LogP contribution in [0.15, 0.2) is 0 Å². The quantitative estimate of drug-likeness (QED) is 0.0343. The van der Waals surface area contributed by atoms with Crippen LogP contribution >= 0.6 is 0 Å². The van der Waals surface area contributed by atoms with E-state index in [0.717, 1.165) is 75.5 Å². The fraction of sp³-hybridized carbons (Fsp3) is 0.954. The van der Waals surface area contributed by atoms with Gasteiger partial charge in [0.1, 0.15) is 13.2 Å². The van der Waals surface area contributed by atoms with Gasteiger partial charge in [0.15, 0.2) is 6.10 Å². The Morgan fingerprint density at radius 1 is 0.282 bits per heavy atom. The highest BCUT2D eigenvalue weighted by Crippen LogP contribution is 2.20. The highest BCUT2D eigenvalue weighted by molar-refractivity contribution is 5.71. The second kappa shape index (κ2) is 56.1. The van der Waals surface area contributed by atoms with Crippen LogP contribution in [0.25, 0.3) is 0 Å². The Bertz CT molecular complexity index is 1110. The molecule has 0 spiro atoms. The number of ether oxygens (including phenoxy) is 3. The molecule has 0 aromatic carbocycles. The summed E-state index contributed by atoms with van der Waals surface area (Å²) in [5.41, 5.74) is 0. The Morgan fingerprint density at radius 3 is 0.732 bits per heavy atom. The Morgan fingerprint density at radius 2 is 0.493 bits per heavy atom. The fourth-order valence-corrected chi connectivity index (χ4v) is 10.00. The van der Waals surface area contributed by atoms with Crippen LogP contribution < -0.4 is 0 Å². The van der Waals surface area contributed by atoms with E-state index in [1.54, 1.807) is 0 Å². The second-order valence-electron chi connectivity index (χ2n) is 23.4. The Hall–Kier alpha value is -1.59. The zero-order chi connectivity index (χ0) is 51.9.